The van der Waals surface area contributed by atoms with E-state index in [1.165, 1.54) is 11.3 Å². The Morgan fingerprint density at radius 1 is 1.30 bits per heavy atom. The zero-order valence-electron chi connectivity index (χ0n) is 11.0. The number of hydrogen-bond donors (Lipinski definition) is 2. The molecule has 20 heavy (non-hydrogen) atoms. The third-order valence-corrected chi connectivity index (χ3v) is 4.31. The Labute approximate surface area is 121 Å². The van der Waals surface area contributed by atoms with Crippen molar-refractivity contribution in [1.82, 2.24) is 20.6 Å². The van der Waals surface area contributed by atoms with Gasteiger partial charge in [0.25, 0.3) is 5.91 Å². The number of carbonyl (C=O) groups excluding carboxylic acids is 1. The summed E-state index contributed by atoms with van der Waals surface area (Å²) >= 11 is 1.38. The lowest BCUT2D eigenvalue weighted by atomic mass is 10.1. The van der Waals surface area contributed by atoms with E-state index in [2.05, 4.69) is 20.6 Å². The van der Waals surface area contributed by atoms with Crippen molar-refractivity contribution in [1.29, 1.82) is 0 Å². The van der Waals surface area contributed by atoms with Gasteiger partial charge in [-0.05, 0) is 38.1 Å². The first-order valence-electron chi connectivity index (χ1n) is 6.72. The first-order valence-corrected chi connectivity index (χ1v) is 7.53. The number of nitrogens with one attached hydrogen (secondary N) is 2. The van der Waals surface area contributed by atoms with Crippen LogP contribution in [0.3, 0.4) is 0 Å². The highest BCUT2D eigenvalue weighted by Crippen LogP contribution is 2.23. The molecule has 0 spiro atoms. The quantitative estimate of drug-likeness (QED) is 0.902. The van der Waals surface area contributed by atoms with Crippen molar-refractivity contribution in [3.05, 3.63) is 35.5 Å². The standard InChI is InChI=1S/C14H16N4OS/c19-13(18-10-4-7-15-8-5-10)12-9-17-14(20-12)11-3-1-2-6-16-11/h1-3,6,9-10,15H,4-5,7-8H2,(H,18,19). The monoisotopic (exact) mass is 288 g/mol. The van der Waals surface area contributed by atoms with Crippen LogP contribution in [0.25, 0.3) is 10.7 Å². The number of hydrogen-bond acceptors (Lipinski definition) is 5. The zero-order chi connectivity index (χ0) is 13.8. The number of amides is 1. The van der Waals surface area contributed by atoms with E-state index in [4.69, 9.17) is 0 Å². The molecule has 3 rings (SSSR count). The van der Waals surface area contributed by atoms with E-state index in [0.717, 1.165) is 36.6 Å². The SMILES string of the molecule is O=C(NC1CCNCC1)c1cnc(-c2ccccn2)s1. The maximum absolute atomic E-state index is 12.2. The molecule has 0 aromatic carbocycles. The molecule has 1 fully saturated rings. The molecule has 0 saturated carbocycles. The van der Waals surface area contributed by atoms with Crippen LogP contribution in [0, 0.1) is 0 Å². The van der Waals surface area contributed by atoms with Crippen molar-refractivity contribution in [3.8, 4) is 10.7 Å². The smallest absolute Gasteiger partial charge is 0.263 e. The lowest BCUT2D eigenvalue weighted by molar-refractivity contribution is 0.0933. The predicted molar refractivity (Wildman–Crippen MR) is 78.7 cm³/mol. The maximum atomic E-state index is 12.2. The summed E-state index contributed by atoms with van der Waals surface area (Å²) in [6.07, 6.45) is 5.33. The molecule has 2 aromatic heterocycles. The number of aromatic nitrogens is 2. The maximum Gasteiger partial charge on any atom is 0.263 e. The summed E-state index contributed by atoms with van der Waals surface area (Å²) in [4.78, 5) is 21.3. The summed E-state index contributed by atoms with van der Waals surface area (Å²) in [7, 11) is 0. The van der Waals surface area contributed by atoms with Crippen LogP contribution in [0.5, 0.6) is 0 Å². The molecule has 1 aliphatic rings. The fourth-order valence-electron chi connectivity index (χ4n) is 2.21. The number of nitrogens with zero attached hydrogens (tertiary/aromatic N) is 2. The van der Waals surface area contributed by atoms with E-state index in [1.807, 2.05) is 18.2 Å². The van der Waals surface area contributed by atoms with Crippen LogP contribution in [0.15, 0.2) is 30.6 Å². The molecule has 104 valence electrons. The van der Waals surface area contributed by atoms with Crippen molar-refractivity contribution in [3.63, 3.8) is 0 Å². The van der Waals surface area contributed by atoms with E-state index < -0.39 is 0 Å². The number of thiazole rings is 1. The molecule has 2 aromatic rings. The van der Waals surface area contributed by atoms with Crippen molar-refractivity contribution in [2.45, 2.75) is 18.9 Å². The Bertz CT molecular complexity index is 578. The molecule has 1 aliphatic heterocycles. The Morgan fingerprint density at radius 3 is 2.90 bits per heavy atom. The number of rotatable bonds is 3. The average molecular weight is 288 g/mol. The van der Waals surface area contributed by atoms with Gasteiger partial charge in [0.2, 0.25) is 0 Å². The molecule has 6 heteroatoms. The highest BCUT2D eigenvalue weighted by molar-refractivity contribution is 7.16. The van der Waals surface area contributed by atoms with Gasteiger partial charge in [-0.3, -0.25) is 9.78 Å². The molecule has 0 aliphatic carbocycles. The van der Waals surface area contributed by atoms with Crippen LogP contribution in [-0.2, 0) is 0 Å². The molecule has 1 amide bonds. The van der Waals surface area contributed by atoms with Gasteiger partial charge in [-0.15, -0.1) is 11.3 Å². The molecule has 5 nitrogen and oxygen atoms in total. The Morgan fingerprint density at radius 2 is 2.15 bits per heavy atom. The Kier molecular flexibility index (Phi) is 4.03. The zero-order valence-corrected chi connectivity index (χ0v) is 11.8. The minimum Gasteiger partial charge on any atom is -0.348 e. The van der Waals surface area contributed by atoms with Crippen LogP contribution in [0.4, 0.5) is 0 Å². The molecule has 0 atom stereocenters. The molecule has 0 unspecified atom stereocenters. The number of carbonyl (C=O) groups is 1. The Balaban J connectivity index is 1.68. The normalized spacial score (nSPS) is 16.0. The van der Waals surface area contributed by atoms with Gasteiger partial charge in [0.15, 0.2) is 0 Å². The van der Waals surface area contributed by atoms with Crippen LogP contribution >= 0.6 is 11.3 Å². The van der Waals surface area contributed by atoms with Gasteiger partial charge in [-0.2, -0.15) is 0 Å². The lowest BCUT2D eigenvalue weighted by Crippen LogP contribution is -2.42. The fourth-order valence-corrected chi connectivity index (χ4v) is 3.01. The third-order valence-electron chi connectivity index (χ3n) is 3.29. The van der Waals surface area contributed by atoms with Crippen LogP contribution < -0.4 is 10.6 Å². The van der Waals surface area contributed by atoms with Gasteiger partial charge in [0.05, 0.1) is 11.9 Å². The molecular formula is C14H16N4OS. The van der Waals surface area contributed by atoms with Gasteiger partial charge < -0.3 is 10.6 Å². The first-order chi connectivity index (χ1) is 9.83. The van der Waals surface area contributed by atoms with Crippen LogP contribution in [0.1, 0.15) is 22.5 Å². The van der Waals surface area contributed by atoms with Crippen LogP contribution in [0.2, 0.25) is 0 Å². The molecule has 0 bridgehead atoms. The summed E-state index contributed by atoms with van der Waals surface area (Å²) in [5.41, 5.74) is 0.804. The fraction of sp³-hybridized carbons (Fsp3) is 0.357. The second-order valence-electron chi connectivity index (χ2n) is 4.74. The van der Waals surface area contributed by atoms with Gasteiger partial charge in [-0.1, -0.05) is 6.07 Å². The molecule has 2 N–H and O–H groups in total. The minimum atomic E-state index is -0.0309. The van der Waals surface area contributed by atoms with Gasteiger partial charge >= 0.3 is 0 Å². The summed E-state index contributed by atoms with van der Waals surface area (Å²) in [5.74, 6) is -0.0309. The van der Waals surface area contributed by atoms with E-state index in [9.17, 15) is 4.79 Å². The van der Waals surface area contributed by atoms with E-state index in [1.54, 1.807) is 12.4 Å². The van der Waals surface area contributed by atoms with E-state index in [-0.39, 0.29) is 11.9 Å². The highest BCUT2D eigenvalue weighted by Gasteiger charge is 2.18. The summed E-state index contributed by atoms with van der Waals surface area (Å²) in [6.45, 7) is 1.93. The third kappa shape index (κ3) is 3.02. The van der Waals surface area contributed by atoms with Crippen molar-refractivity contribution in [2.75, 3.05) is 13.1 Å². The summed E-state index contributed by atoms with van der Waals surface area (Å²) < 4.78 is 0. The minimum absolute atomic E-state index is 0.0309. The Hall–Kier alpha value is -1.79. The van der Waals surface area contributed by atoms with Gasteiger partial charge in [0, 0.05) is 12.2 Å². The second kappa shape index (κ2) is 6.11. The molecule has 1 saturated heterocycles. The molecule has 0 radical (unpaired) electrons. The average Bonchev–Trinajstić information content (AvgIpc) is 2.99. The van der Waals surface area contributed by atoms with Gasteiger partial charge in [-0.25, -0.2) is 4.98 Å². The van der Waals surface area contributed by atoms with Crippen molar-refractivity contribution < 1.29 is 4.79 Å². The molecular weight excluding hydrogens is 272 g/mol. The summed E-state index contributed by atoms with van der Waals surface area (Å²) in [5, 5.41) is 7.13. The van der Waals surface area contributed by atoms with Crippen molar-refractivity contribution >= 4 is 17.2 Å². The topological polar surface area (TPSA) is 66.9 Å². The second-order valence-corrected chi connectivity index (χ2v) is 5.77. The first kappa shape index (κ1) is 13.2. The van der Waals surface area contributed by atoms with Gasteiger partial charge in [0.1, 0.15) is 9.88 Å². The van der Waals surface area contributed by atoms with Crippen molar-refractivity contribution in [2.24, 2.45) is 0 Å². The summed E-state index contributed by atoms with van der Waals surface area (Å²) in [6, 6.07) is 5.94. The predicted octanol–water partition coefficient (Wildman–Crippen LogP) is 1.69. The largest absolute Gasteiger partial charge is 0.348 e. The lowest BCUT2D eigenvalue weighted by Gasteiger charge is -2.23. The number of piperidine rings is 1. The highest BCUT2D eigenvalue weighted by atomic mass is 32.1. The number of pyridine rings is 1. The molecule has 3 heterocycles. The van der Waals surface area contributed by atoms with E-state index >= 15 is 0 Å². The van der Waals surface area contributed by atoms with Crippen LogP contribution in [-0.4, -0.2) is 35.0 Å². The van der Waals surface area contributed by atoms with E-state index in [0.29, 0.717) is 4.88 Å².